The van der Waals surface area contributed by atoms with Crippen LogP contribution < -0.4 is 5.32 Å². The van der Waals surface area contributed by atoms with E-state index in [1.54, 1.807) is 12.1 Å². The number of carbonyl (C=O) groups is 1. The Labute approximate surface area is 98.9 Å². The van der Waals surface area contributed by atoms with Gasteiger partial charge in [-0.25, -0.2) is 4.79 Å². The molecule has 1 rings (SSSR count). The summed E-state index contributed by atoms with van der Waals surface area (Å²) < 4.78 is 0. The standard InChI is InChI=1S/C11H13NO3S/c1-7(13)9(11(14)15)12-10(16)8-5-3-2-4-6-8/h2-7,9,13H,1H3,(H,12,16)(H,14,15)/t7-,9+/m1/s1. The average molecular weight is 239 g/mol. The van der Waals surface area contributed by atoms with Gasteiger partial charge in [-0.05, 0) is 6.92 Å². The fraction of sp³-hybridized carbons (Fsp3) is 0.273. The molecule has 0 saturated heterocycles. The Balaban J connectivity index is 2.74. The van der Waals surface area contributed by atoms with E-state index >= 15 is 0 Å². The van der Waals surface area contributed by atoms with Crippen molar-refractivity contribution in [2.45, 2.75) is 19.1 Å². The zero-order valence-electron chi connectivity index (χ0n) is 8.75. The Bertz CT molecular complexity index is 378. The summed E-state index contributed by atoms with van der Waals surface area (Å²) in [5, 5.41) is 20.7. The maximum Gasteiger partial charge on any atom is 0.328 e. The number of rotatable bonds is 4. The molecule has 0 heterocycles. The summed E-state index contributed by atoms with van der Waals surface area (Å²) in [6.45, 7) is 1.40. The van der Waals surface area contributed by atoms with Crippen LogP contribution in [0.4, 0.5) is 0 Å². The van der Waals surface area contributed by atoms with Crippen LogP contribution in [-0.4, -0.2) is 33.3 Å². The second kappa shape index (κ2) is 5.58. The van der Waals surface area contributed by atoms with Gasteiger partial charge in [0, 0.05) is 5.56 Å². The van der Waals surface area contributed by atoms with Crippen LogP contribution in [0.5, 0.6) is 0 Å². The van der Waals surface area contributed by atoms with Gasteiger partial charge in [-0.2, -0.15) is 0 Å². The molecule has 0 fully saturated rings. The van der Waals surface area contributed by atoms with Gasteiger partial charge in [0.25, 0.3) is 0 Å². The molecule has 0 spiro atoms. The second-order valence-corrected chi connectivity index (χ2v) is 3.80. The van der Waals surface area contributed by atoms with E-state index < -0.39 is 18.1 Å². The highest BCUT2D eigenvalue weighted by Gasteiger charge is 2.23. The molecule has 1 aromatic carbocycles. The molecule has 0 aliphatic carbocycles. The molecule has 5 heteroatoms. The molecule has 0 radical (unpaired) electrons. The SMILES string of the molecule is C[C@@H](O)[C@H](NC(=S)c1ccccc1)C(=O)O. The minimum atomic E-state index is -1.13. The number of carboxylic acid groups (broad SMARTS) is 1. The molecule has 0 saturated carbocycles. The lowest BCUT2D eigenvalue weighted by Crippen LogP contribution is -2.47. The molecule has 0 aliphatic heterocycles. The summed E-state index contributed by atoms with van der Waals surface area (Å²) >= 11 is 5.05. The summed E-state index contributed by atoms with van der Waals surface area (Å²) in [5.74, 6) is -1.13. The molecule has 2 atom stereocenters. The van der Waals surface area contributed by atoms with Gasteiger partial charge in [0.2, 0.25) is 0 Å². The molecule has 1 aromatic rings. The van der Waals surface area contributed by atoms with E-state index in [9.17, 15) is 9.90 Å². The zero-order chi connectivity index (χ0) is 12.1. The van der Waals surface area contributed by atoms with E-state index in [0.717, 1.165) is 5.56 Å². The van der Waals surface area contributed by atoms with Crippen LogP contribution in [0.2, 0.25) is 0 Å². The predicted octanol–water partition coefficient (Wildman–Crippen LogP) is 0.786. The average Bonchev–Trinajstić information content (AvgIpc) is 2.25. The van der Waals surface area contributed by atoms with E-state index in [2.05, 4.69) is 5.32 Å². The summed E-state index contributed by atoms with van der Waals surface area (Å²) in [6, 6.07) is 7.91. The number of thiocarbonyl (C=S) groups is 1. The third kappa shape index (κ3) is 3.29. The molecule has 16 heavy (non-hydrogen) atoms. The van der Waals surface area contributed by atoms with Crippen LogP contribution in [0.15, 0.2) is 30.3 Å². The molecule has 4 nitrogen and oxygen atoms in total. The summed E-state index contributed by atoms with van der Waals surface area (Å²) in [4.78, 5) is 11.1. The van der Waals surface area contributed by atoms with Crippen molar-refractivity contribution >= 4 is 23.2 Å². The van der Waals surface area contributed by atoms with Gasteiger partial charge in [-0.1, -0.05) is 42.5 Å². The van der Waals surface area contributed by atoms with Gasteiger partial charge >= 0.3 is 5.97 Å². The maximum absolute atomic E-state index is 10.8. The number of aliphatic carboxylic acids is 1. The highest BCUT2D eigenvalue weighted by atomic mass is 32.1. The smallest absolute Gasteiger partial charge is 0.328 e. The first-order chi connectivity index (χ1) is 7.52. The minimum Gasteiger partial charge on any atom is -0.480 e. The summed E-state index contributed by atoms with van der Waals surface area (Å²) in [5.41, 5.74) is 0.726. The van der Waals surface area contributed by atoms with E-state index in [1.165, 1.54) is 6.92 Å². The molecule has 0 bridgehead atoms. The van der Waals surface area contributed by atoms with Gasteiger partial charge in [0.05, 0.1) is 6.10 Å². The van der Waals surface area contributed by atoms with Crippen LogP contribution in [0.25, 0.3) is 0 Å². The van der Waals surface area contributed by atoms with Crippen LogP contribution in [-0.2, 0) is 4.79 Å². The van der Waals surface area contributed by atoms with E-state index in [0.29, 0.717) is 4.99 Å². The minimum absolute atomic E-state index is 0.314. The number of aliphatic hydroxyl groups is 1. The number of carboxylic acids is 1. The molecular weight excluding hydrogens is 226 g/mol. The Hall–Kier alpha value is -1.46. The van der Waals surface area contributed by atoms with E-state index in [4.69, 9.17) is 17.3 Å². The molecular formula is C11H13NO3S. The molecule has 0 aromatic heterocycles. The highest BCUT2D eigenvalue weighted by Crippen LogP contribution is 2.02. The third-order valence-corrected chi connectivity index (χ3v) is 2.42. The van der Waals surface area contributed by atoms with E-state index in [-0.39, 0.29) is 0 Å². The number of nitrogens with one attached hydrogen (secondary N) is 1. The number of hydrogen-bond acceptors (Lipinski definition) is 3. The van der Waals surface area contributed by atoms with Crippen molar-refractivity contribution in [1.29, 1.82) is 0 Å². The lowest BCUT2D eigenvalue weighted by atomic mass is 10.1. The molecule has 0 aliphatic rings. The van der Waals surface area contributed by atoms with Crippen molar-refractivity contribution in [3.05, 3.63) is 35.9 Å². The molecule has 3 N–H and O–H groups in total. The first-order valence-electron chi connectivity index (χ1n) is 4.79. The van der Waals surface area contributed by atoms with Crippen molar-refractivity contribution in [1.82, 2.24) is 5.32 Å². The number of aliphatic hydroxyl groups excluding tert-OH is 1. The highest BCUT2D eigenvalue weighted by molar-refractivity contribution is 7.80. The topological polar surface area (TPSA) is 69.6 Å². The molecule has 0 amide bonds. The summed E-state index contributed by atoms with van der Waals surface area (Å²) in [6.07, 6.45) is -1.01. The van der Waals surface area contributed by atoms with Crippen molar-refractivity contribution in [3.8, 4) is 0 Å². The Morgan fingerprint density at radius 1 is 1.38 bits per heavy atom. The van der Waals surface area contributed by atoms with Crippen molar-refractivity contribution in [2.24, 2.45) is 0 Å². The largest absolute Gasteiger partial charge is 0.480 e. The predicted molar refractivity (Wildman–Crippen MR) is 64.4 cm³/mol. The zero-order valence-corrected chi connectivity index (χ0v) is 9.57. The van der Waals surface area contributed by atoms with Crippen LogP contribution in [0.3, 0.4) is 0 Å². The maximum atomic E-state index is 10.8. The van der Waals surface area contributed by atoms with Crippen molar-refractivity contribution in [2.75, 3.05) is 0 Å². The quantitative estimate of drug-likeness (QED) is 0.678. The van der Waals surface area contributed by atoms with Gasteiger partial charge < -0.3 is 15.5 Å². The molecule has 0 unspecified atom stereocenters. The number of hydrogen-bond donors (Lipinski definition) is 3. The fourth-order valence-corrected chi connectivity index (χ4v) is 1.47. The van der Waals surface area contributed by atoms with Crippen LogP contribution >= 0.6 is 12.2 Å². The van der Waals surface area contributed by atoms with Crippen molar-refractivity contribution < 1.29 is 15.0 Å². The Morgan fingerprint density at radius 2 is 1.94 bits per heavy atom. The first-order valence-corrected chi connectivity index (χ1v) is 5.20. The lowest BCUT2D eigenvalue weighted by Gasteiger charge is -2.18. The Morgan fingerprint density at radius 3 is 2.38 bits per heavy atom. The Kier molecular flexibility index (Phi) is 4.39. The first kappa shape index (κ1) is 12.6. The molecule has 86 valence electrons. The van der Waals surface area contributed by atoms with Gasteiger partial charge in [0.15, 0.2) is 6.04 Å². The third-order valence-electron chi connectivity index (χ3n) is 2.07. The fourth-order valence-electron chi connectivity index (χ4n) is 1.20. The summed E-state index contributed by atoms with van der Waals surface area (Å²) in [7, 11) is 0. The van der Waals surface area contributed by atoms with Crippen molar-refractivity contribution in [3.63, 3.8) is 0 Å². The van der Waals surface area contributed by atoms with Crippen LogP contribution in [0.1, 0.15) is 12.5 Å². The normalized spacial score (nSPS) is 13.9. The lowest BCUT2D eigenvalue weighted by molar-refractivity contribution is -0.141. The monoisotopic (exact) mass is 239 g/mol. The van der Waals surface area contributed by atoms with E-state index in [1.807, 2.05) is 18.2 Å². The van der Waals surface area contributed by atoms with Crippen LogP contribution in [0, 0.1) is 0 Å². The second-order valence-electron chi connectivity index (χ2n) is 3.40. The van der Waals surface area contributed by atoms with Gasteiger partial charge in [-0.15, -0.1) is 0 Å². The van der Waals surface area contributed by atoms with Gasteiger partial charge in [0.1, 0.15) is 4.99 Å². The van der Waals surface area contributed by atoms with Gasteiger partial charge in [-0.3, -0.25) is 0 Å². The number of benzene rings is 1.